The van der Waals surface area contributed by atoms with Gasteiger partial charge in [0.2, 0.25) is 0 Å². The highest BCUT2D eigenvalue weighted by molar-refractivity contribution is 5.99. The fourth-order valence-electron chi connectivity index (χ4n) is 4.59. The van der Waals surface area contributed by atoms with Crippen molar-refractivity contribution in [3.63, 3.8) is 0 Å². The normalized spacial score (nSPS) is 13.3. The third-order valence-corrected chi connectivity index (χ3v) is 6.93. The van der Waals surface area contributed by atoms with Gasteiger partial charge in [-0.25, -0.2) is 18.9 Å². The quantitative estimate of drug-likeness (QED) is 0.247. The van der Waals surface area contributed by atoms with Crippen LogP contribution in [0.2, 0.25) is 0 Å². The molecule has 0 bridgehead atoms. The first-order valence-electron chi connectivity index (χ1n) is 14.0. The van der Waals surface area contributed by atoms with E-state index in [4.69, 9.17) is 15.2 Å². The Labute approximate surface area is 253 Å². The smallest absolute Gasteiger partial charge is 0.255 e. The molecule has 0 radical (unpaired) electrons. The minimum absolute atomic E-state index is 0.241. The number of aromatic nitrogens is 4. The van der Waals surface area contributed by atoms with Crippen LogP contribution in [0.1, 0.15) is 40.0 Å². The fourth-order valence-corrected chi connectivity index (χ4v) is 4.59. The Morgan fingerprint density at radius 3 is 2.43 bits per heavy atom. The van der Waals surface area contributed by atoms with Gasteiger partial charge in [-0.3, -0.25) is 4.79 Å². The number of amides is 1. The molecule has 0 unspecified atom stereocenters. The molecule has 0 spiro atoms. The summed E-state index contributed by atoms with van der Waals surface area (Å²) in [4.78, 5) is 21.5. The van der Waals surface area contributed by atoms with E-state index in [0.29, 0.717) is 18.2 Å². The summed E-state index contributed by atoms with van der Waals surface area (Å²) in [5, 5.41) is 19.6. The molecule has 1 saturated heterocycles. The van der Waals surface area contributed by atoms with Crippen LogP contribution >= 0.6 is 0 Å². The molecule has 1 aliphatic rings. The van der Waals surface area contributed by atoms with Gasteiger partial charge >= 0.3 is 0 Å². The first-order chi connectivity index (χ1) is 21.4. The van der Waals surface area contributed by atoms with Crippen molar-refractivity contribution in [3.05, 3.63) is 107 Å². The van der Waals surface area contributed by atoms with Crippen LogP contribution in [0.3, 0.4) is 0 Å². The van der Waals surface area contributed by atoms with E-state index >= 15 is 0 Å². The summed E-state index contributed by atoms with van der Waals surface area (Å²) < 4.78 is 24.8. The number of anilines is 2. The Bertz CT molecular complexity index is 1750. The number of nitrogens with two attached hydrogens (primary N) is 1. The highest BCUT2D eigenvalue weighted by Gasteiger charge is 2.17. The molecule has 1 fully saturated rings. The van der Waals surface area contributed by atoms with E-state index in [0.717, 1.165) is 54.2 Å². The molecular formula is C32H31FN8O3. The van der Waals surface area contributed by atoms with Crippen LogP contribution in [0.4, 0.5) is 16.0 Å². The second-order valence-electron chi connectivity index (χ2n) is 9.92. The standard InChI is InChI=1S/C28H23FN8O.C4H8O2/c1-17(20-6-8-22(29)9-7-20)36-28(38)24-12-19(13-30)15-33-27(24)32-14-18-2-4-21(5-3-18)23-10-11-37-25(23)26(31)34-16-35-37;1-2-6-4-3-5-1/h2-12,15-17H,14H2,1H3,(H,32,33)(H,36,38)(H2,31,34,35);1-4H2/t17-;/m0./s1. The highest BCUT2D eigenvalue weighted by atomic mass is 19.1. The number of carbonyl (C=O) groups is 1. The zero-order valence-corrected chi connectivity index (χ0v) is 24.0. The molecule has 1 aliphatic heterocycles. The number of hydrogen-bond donors (Lipinski definition) is 3. The van der Waals surface area contributed by atoms with Crippen molar-refractivity contribution in [2.24, 2.45) is 0 Å². The Morgan fingerprint density at radius 2 is 1.77 bits per heavy atom. The van der Waals surface area contributed by atoms with E-state index in [1.807, 2.05) is 42.6 Å². The zero-order valence-electron chi connectivity index (χ0n) is 24.0. The maximum absolute atomic E-state index is 13.3. The molecule has 1 atom stereocenters. The van der Waals surface area contributed by atoms with E-state index in [-0.39, 0.29) is 23.0 Å². The number of nitrogen functional groups attached to an aromatic ring is 1. The highest BCUT2D eigenvalue weighted by Crippen LogP contribution is 2.28. The first kappa shape index (κ1) is 30.1. The number of pyridine rings is 1. The fraction of sp³-hybridized carbons (Fsp3) is 0.219. The molecule has 44 heavy (non-hydrogen) atoms. The summed E-state index contributed by atoms with van der Waals surface area (Å²) in [6.45, 7) is 5.31. The van der Waals surface area contributed by atoms with Gasteiger partial charge in [0.05, 0.1) is 43.6 Å². The van der Waals surface area contributed by atoms with Crippen LogP contribution in [0, 0.1) is 17.1 Å². The number of fused-ring (bicyclic) bond motifs is 1. The van der Waals surface area contributed by atoms with Crippen molar-refractivity contribution in [2.45, 2.75) is 19.5 Å². The van der Waals surface area contributed by atoms with Crippen LogP contribution in [0.5, 0.6) is 0 Å². The van der Waals surface area contributed by atoms with Gasteiger partial charge in [-0.2, -0.15) is 10.4 Å². The van der Waals surface area contributed by atoms with E-state index in [1.54, 1.807) is 23.6 Å². The molecule has 224 valence electrons. The van der Waals surface area contributed by atoms with Gasteiger partial charge in [0.1, 0.15) is 29.5 Å². The average Bonchev–Trinajstić information content (AvgIpc) is 3.51. The van der Waals surface area contributed by atoms with E-state index in [2.05, 4.69) is 25.7 Å². The molecule has 3 aromatic heterocycles. The summed E-state index contributed by atoms with van der Waals surface area (Å²) in [5.74, 6) is -0.0000409. The third-order valence-electron chi connectivity index (χ3n) is 6.93. The van der Waals surface area contributed by atoms with Gasteiger partial charge in [0.25, 0.3) is 5.91 Å². The molecule has 0 aliphatic carbocycles. The number of nitriles is 1. The lowest BCUT2D eigenvalue weighted by Gasteiger charge is -2.16. The van der Waals surface area contributed by atoms with Gasteiger partial charge < -0.3 is 25.8 Å². The zero-order chi connectivity index (χ0) is 30.9. The van der Waals surface area contributed by atoms with Crippen molar-refractivity contribution in [2.75, 3.05) is 37.5 Å². The Morgan fingerprint density at radius 1 is 1.07 bits per heavy atom. The molecule has 0 saturated carbocycles. The van der Waals surface area contributed by atoms with Crippen molar-refractivity contribution in [3.8, 4) is 17.2 Å². The molecule has 12 heteroatoms. The summed E-state index contributed by atoms with van der Waals surface area (Å²) in [7, 11) is 0. The molecule has 4 N–H and O–H groups in total. The number of benzene rings is 2. The summed E-state index contributed by atoms with van der Waals surface area (Å²) in [6, 6.07) is 18.9. The minimum Gasteiger partial charge on any atom is -0.382 e. The van der Waals surface area contributed by atoms with Crippen LogP contribution in [0.25, 0.3) is 16.6 Å². The van der Waals surface area contributed by atoms with Crippen LogP contribution in [-0.4, -0.2) is 51.9 Å². The van der Waals surface area contributed by atoms with Crippen molar-refractivity contribution >= 4 is 23.1 Å². The van der Waals surface area contributed by atoms with Gasteiger partial charge in [0.15, 0.2) is 5.82 Å². The van der Waals surface area contributed by atoms with Gasteiger partial charge in [0, 0.05) is 24.5 Å². The molecular weight excluding hydrogens is 563 g/mol. The van der Waals surface area contributed by atoms with E-state index in [1.165, 1.54) is 30.7 Å². The van der Waals surface area contributed by atoms with E-state index in [9.17, 15) is 14.4 Å². The number of halogens is 1. The Kier molecular flexibility index (Phi) is 9.71. The van der Waals surface area contributed by atoms with Crippen LogP contribution in [-0.2, 0) is 16.0 Å². The summed E-state index contributed by atoms with van der Waals surface area (Å²) in [6.07, 6.45) is 4.66. The molecule has 2 aromatic carbocycles. The maximum Gasteiger partial charge on any atom is 0.255 e. The van der Waals surface area contributed by atoms with Crippen molar-refractivity contribution in [1.29, 1.82) is 5.26 Å². The van der Waals surface area contributed by atoms with Gasteiger partial charge in [-0.1, -0.05) is 36.4 Å². The lowest BCUT2D eigenvalue weighted by molar-refractivity contribution is -0.0334. The summed E-state index contributed by atoms with van der Waals surface area (Å²) in [5.41, 5.74) is 10.9. The maximum atomic E-state index is 13.3. The second kappa shape index (κ2) is 14.2. The predicted molar refractivity (Wildman–Crippen MR) is 163 cm³/mol. The van der Waals surface area contributed by atoms with Crippen LogP contribution in [0.15, 0.2) is 79.4 Å². The Hall–Kier alpha value is -5.38. The number of ether oxygens (including phenoxy) is 2. The third kappa shape index (κ3) is 7.33. The second-order valence-corrected chi connectivity index (χ2v) is 9.92. The lowest BCUT2D eigenvalue weighted by Crippen LogP contribution is -2.28. The molecule has 1 amide bonds. The molecule has 5 aromatic rings. The van der Waals surface area contributed by atoms with Gasteiger partial charge in [-0.15, -0.1) is 0 Å². The molecule has 4 heterocycles. The van der Waals surface area contributed by atoms with E-state index < -0.39 is 5.91 Å². The number of nitrogens with one attached hydrogen (secondary N) is 2. The predicted octanol–water partition coefficient (Wildman–Crippen LogP) is 4.52. The van der Waals surface area contributed by atoms with Crippen molar-refractivity contribution in [1.82, 2.24) is 24.9 Å². The summed E-state index contributed by atoms with van der Waals surface area (Å²) >= 11 is 0. The molecule has 11 nitrogen and oxygen atoms in total. The topological polar surface area (TPSA) is 152 Å². The van der Waals surface area contributed by atoms with Crippen molar-refractivity contribution < 1.29 is 18.7 Å². The SMILES string of the molecule is C1COCCO1.C[C@H](NC(=O)c1cc(C#N)cnc1NCc1ccc(-c2ccn3ncnc(N)c23)cc1)c1ccc(F)cc1. The number of carbonyl (C=O) groups excluding carboxylic acids is 1. The Balaban J connectivity index is 0.000000573. The number of hydrogen-bond acceptors (Lipinski definition) is 9. The largest absolute Gasteiger partial charge is 0.382 e. The first-order valence-corrected chi connectivity index (χ1v) is 14.0. The number of rotatable bonds is 7. The number of nitrogens with zero attached hydrogens (tertiary/aromatic N) is 5. The average molecular weight is 595 g/mol. The van der Waals surface area contributed by atoms with Crippen LogP contribution < -0.4 is 16.4 Å². The lowest BCUT2D eigenvalue weighted by atomic mass is 10.0. The monoisotopic (exact) mass is 594 g/mol. The van der Waals surface area contributed by atoms with Gasteiger partial charge in [-0.05, 0) is 47.9 Å². The molecule has 6 rings (SSSR count). The minimum atomic E-state index is -0.398.